The molecule has 2 unspecified atom stereocenters. The van der Waals surface area contributed by atoms with Crippen molar-refractivity contribution < 1.29 is 9.47 Å². The van der Waals surface area contributed by atoms with E-state index in [0.717, 1.165) is 31.2 Å². The van der Waals surface area contributed by atoms with Crippen LogP contribution in [0.4, 0.5) is 5.95 Å². The van der Waals surface area contributed by atoms with Crippen LogP contribution in [0.2, 0.25) is 0 Å². The summed E-state index contributed by atoms with van der Waals surface area (Å²) in [4.78, 5) is 4.50. The molecule has 0 spiro atoms. The molecule has 0 bridgehead atoms. The molecule has 2 atom stereocenters. The molecule has 1 N–H and O–H groups in total. The number of nitrogens with one attached hydrogen (secondary N) is 1. The van der Waals surface area contributed by atoms with E-state index in [-0.39, 0.29) is 6.10 Å². The number of rotatable bonds is 5. The molecule has 0 saturated carbocycles. The van der Waals surface area contributed by atoms with Gasteiger partial charge in [0.25, 0.3) is 0 Å². The number of hydrogen-bond donors (Lipinski definition) is 1. The second-order valence-corrected chi connectivity index (χ2v) is 4.46. The highest BCUT2D eigenvalue weighted by atomic mass is 16.5. The molecule has 1 aliphatic rings. The first-order valence-electron chi connectivity index (χ1n) is 6.12. The largest absolute Gasteiger partial charge is 0.383 e. The third-order valence-electron chi connectivity index (χ3n) is 3.14. The van der Waals surface area contributed by atoms with Crippen LogP contribution in [0.5, 0.6) is 0 Å². The minimum atomic E-state index is 0.256. The van der Waals surface area contributed by atoms with E-state index >= 15 is 0 Å². The number of hydrogen-bond acceptors (Lipinski definition) is 4. The summed E-state index contributed by atoms with van der Waals surface area (Å²) in [6, 6.07) is 0.390. The summed E-state index contributed by atoms with van der Waals surface area (Å²) in [6.45, 7) is 6.42. The van der Waals surface area contributed by atoms with Gasteiger partial charge in [-0.1, -0.05) is 0 Å². The Balaban J connectivity index is 2.09. The predicted octanol–water partition coefficient (Wildman–Crippen LogP) is 1.60. The number of imidazole rings is 1. The fourth-order valence-corrected chi connectivity index (χ4v) is 2.25. The third kappa shape index (κ3) is 2.79. The lowest BCUT2D eigenvalue weighted by molar-refractivity contribution is 0.108. The van der Waals surface area contributed by atoms with Crippen LogP contribution in [-0.2, 0) is 9.47 Å². The van der Waals surface area contributed by atoms with Crippen LogP contribution in [0.25, 0.3) is 0 Å². The minimum absolute atomic E-state index is 0.256. The zero-order chi connectivity index (χ0) is 12.3. The summed E-state index contributed by atoms with van der Waals surface area (Å²) in [5.41, 5.74) is 1.03. The van der Waals surface area contributed by atoms with Gasteiger partial charge >= 0.3 is 0 Å². The van der Waals surface area contributed by atoms with Crippen molar-refractivity contribution in [3.63, 3.8) is 0 Å². The molecule has 0 aliphatic carbocycles. The average Bonchev–Trinajstić information content (AvgIpc) is 2.85. The van der Waals surface area contributed by atoms with Crippen LogP contribution >= 0.6 is 0 Å². The second-order valence-electron chi connectivity index (χ2n) is 4.46. The van der Waals surface area contributed by atoms with Crippen LogP contribution in [0, 0.1) is 6.92 Å². The van der Waals surface area contributed by atoms with Crippen molar-refractivity contribution >= 4 is 5.95 Å². The second kappa shape index (κ2) is 5.51. The summed E-state index contributed by atoms with van der Waals surface area (Å²) in [6.07, 6.45) is 3.40. The monoisotopic (exact) mass is 239 g/mol. The Bertz CT molecular complexity index is 365. The van der Waals surface area contributed by atoms with Gasteiger partial charge in [0.2, 0.25) is 5.95 Å². The Kier molecular flexibility index (Phi) is 4.02. The fraction of sp³-hybridized carbons (Fsp3) is 0.750. The maximum atomic E-state index is 5.61. The SMILES string of the molecule is COCCNc1nc(C)cn1C1CCOC1C. The van der Waals surface area contributed by atoms with Gasteiger partial charge in [-0.05, 0) is 20.3 Å². The highest BCUT2D eigenvalue weighted by Gasteiger charge is 2.27. The van der Waals surface area contributed by atoms with Gasteiger partial charge in [-0.25, -0.2) is 4.98 Å². The highest BCUT2D eigenvalue weighted by Crippen LogP contribution is 2.28. The molecular weight excluding hydrogens is 218 g/mol. The van der Waals surface area contributed by atoms with Crippen molar-refractivity contribution in [2.45, 2.75) is 32.4 Å². The summed E-state index contributed by atoms with van der Waals surface area (Å²) in [7, 11) is 1.70. The Morgan fingerprint density at radius 1 is 1.65 bits per heavy atom. The molecule has 1 saturated heterocycles. The van der Waals surface area contributed by atoms with E-state index in [1.165, 1.54) is 0 Å². The van der Waals surface area contributed by atoms with Crippen LogP contribution in [0.15, 0.2) is 6.20 Å². The predicted molar refractivity (Wildman–Crippen MR) is 66.4 cm³/mol. The summed E-state index contributed by atoms with van der Waals surface area (Å²) < 4.78 is 12.8. The first-order valence-corrected chi connectivity index (χ1v) is 6.12. The van der Waals surface area contributed by atoms with Gasteiger partial charge in [0.05, 0.1) is 24.4 Å². The van der Waals surface area contributed by atoms with Crippen LogP contribution in [0.3, 0.4) is 0 Å². The van der Waals surface area contributed by atoms with E-state index in [1.807, 2.05) is 6.92 Å². The molecule has 1 aromatic heterocycles. The first kappa shape index (κ1) is 12.4. The molecule has 0 aromatic carbocycles. The van der Waals surface area contributed by atoms with E-state index in [9.17, 15) is 0 Å². The van der Waals surface area contributed by atoms with Gasteiger partial charge in [-0.2, -0.15) is 0 Å². The summed E-state index contributed by atoms with van der Waals surface area (Å²) in [5, 5.41) is 3.30. The molecule has 0 amide bonds. The number of methoxy groups -OCH3 is 1. The maximum Gasteiger partial charge on any atom is 0.203 e. The highest BCUT2D eigenvalue weighted by molar-refractivity contribution is 5.30. The topological polar surface area (TPSA) is 48.3 Å². The molecule has 1 aromatic rings. The van der Waals surface area contributed by atoms with E-state index < -0.39 is 0 Å². The molecular formula is C12H21N3O2. The molecule has 1 aliphatic heterocycles. The van der Waals surface area contributed by atoms with Crippen LogP contribution in [-0.4, -0.2) is 42.5 Å². The zero-order valence-corrected chi connectivity index (χ0v) is 10.8. The minimum Gasteiger partial charge on any atom is -0.383 e. The molecule has 5 nitrogen and oxygen atoms in total. The summed E-state index contributed by atoms with van der Waals surface area (Å²) in [5.74, 6) is 0.918. The standard InChI is InChI=1S/C12H21N3O2/c1-9-8-15(11-4-6-17-10(11)2)12(14-9)13-5-7-16-3/h8,10-11H,4-7H2,1-3H3,(H,13,14). The maximum absolute atomic E-state index is 5.61. The van der Waals surface area contributed by atoms with Gasteiger partial charge in [0, 0.05) is 26.5 Å². The Morgan fingerprint density at radius 3 is 3.12 bits per heavy atom. The number of aryl methyl sites for hydroxylation is 1. The third-order valence-corrected chi connectivity index (χ3v) is 3.14. The number of aromatic nitrogens is 2. The van der Waals surface area contributed by atoms with E-state index in [4.69, 9.17) is 9.47 Å². The smallest absolute Gasteiger partial charge is 0.203 e. The normalized spacial score (nSPS) is 24.2. The molecule has 17 heavy (non-hydrogen) atoms. The first-order chi connectivity index (χ1) is 8.22. The van der Waals surface area contributed by atoms with Crippen LogP contribution in [0.1, 0.15) is 25.1 Å². The van der Waals surface area contributed by atoms with E-state index in [2.05, 4.69) is 28.0 Å². The van der Waals surface area contributed by atoms with Gasteiger partial charge in [-0.15, -0.1) is 0 Å². The van der Waals surface area contributed by atoms with Gasteiger partial charge < -0.3 is 19.4 Å². The molecule has 2 heterocycles. The zero-order valence-electron chi connectivity index (χ0n) is 10.8. The van der Waals surface area contributed by atoms with Crippen molar-refractivity contribution in [3.05, 3.63) is 11.9 Å². The molecule has 5 heteroatoms. The van der Waals surface area contributed by atoms with Gasteiger partial charge in [-0.3, -0.25) is 0 Å². The quantitative estimate of drug-likeness (QED) is 0.793. The lowest BCUT2D eigenvalue weighted by Crippen LogP contribution is -2.20. The molecule has 2 rings (SSSR count). The fourth-order valence-electron chi connectivity index (χ4n) is 2.25. The lowest BCUT2D eigenvalue weighted by Gasteiger charge is -2.18. The number of anilines is 1. The van der Waals surface area contributed by atoms with Crippen molar-refractivity contribution in [3.8, 4) is 0 Å². The molecule has 96 valence electrons. The van der Waals surface area contributed by atoms with Crippen LogP contribution < -0.4 is 5.32 Å². The Hall–Kier alpha value is -1.07. The average molecular weight is 239 g/mol. The van der Waals surface area contributed by atoms with E-state index in [1.54, 1.807) is 7.11 Å². The lowest BCUT2D eigenvalue weighted by atomic mass is 10.1. The Morgan fingerprint density at radius 2 is 2.47 bits per heavy atom. The van der Waals surface area contributed by atoms with Gasteiger partial charge in [0.15, 0.2) is 0 Å². The molecule has 1 fully saturated rings. The molecule has 0 radical (unpaired) electrons. The summed E-state index contributed by atoms with van der Waals surface area (Å²) >= 11 is 0. The van der Waals surface area contributed by atoms with Crippen molar-refractivity contribution in [1.29, 1.82) is 0 Å². The van der Waals surface area contributed by atoms with Crippen molar-refractivity contribution in [2.75, 3.05) is 32.2 Å². The number of ether oxygens (including phenoxy) is 2. The van der Waals surface area contributed by atoms with Crippen molar-refractivity contribution in [1.82, 2.24) is 9.55 Å². The van der Waals surface area contributed by atoms with Crippen molar-refractivity contribution in [2.24, 2.45) is 0 Å². The Labute approximate surface area is 102 Å². The van der Waals surface area contributed by atoms with Gasteiger partial charge in [0.1, 0.15) is 0 Å². The van der Waals surface area contributed by atoms with E-state index in [0.29, 0.717) is 12.6 Å². The number of nitrogens with zero attached hydrogens (tertiary/aromatic N) is 2.